The third kappa shape index (κ3) is 4.87. The van der Waals surface area contributed by atoms with E-state index in [-0.39, 0.29) is 6.03 Å². The summed E-state index contributed by atoms with van der Waals surface area (Å²) in [6.07, 6.45) is 5.76. The van der Waals surface area contributed by atoms with E-state index >= 15 is 0 Å². The first-order valence-corrected chi connectivity index (χ1v) is 9.15. The van der Waals surface area contributed by atoms with Gasteiger partial charge in [-0.2, -0.15) is 0 Å². The van der Waals surface area contributed by atoms with Gasteiger partial charge in [-0.05, 0) is 50.2 Å². The molecule has 1 unspecified atom stereocenters. The Morgan fingerprint density at radius 2 is 2.00 bits per heavy atom. The molecule has 0 radical (unpaired) electrons. The highest BCUT2D eigenvalue weighted by molar-refractivity contribution is 5.74. The quantitative estimate of drug-likeness (QED) is 0.815. The van der Waals surface area contributed by atoms with Gasteiger partial charge in [-0.3, -0.25) is 0 Å². The Hall–Kier alpha value is -1.75. The second-order valence-electron chi connectivity index (χ2n) is 6.62. The van der Waals surface area contributed by atoms with Gasteiger partial charge in [0.05, 0.1) is 12.7 Å². The zero-order valence-electron chi connectivity index (χ0n) is 14.3. The average Bonchev–Trinajstić information content (AvgIpc) is 3.17. The SMILES string of the molecule is O=C(NCCCOc1ccccc1)N1CCC(C2CCCO2)CC1. The molecule has 24 heavy (non-hydrogen) atoms. The Morgan fingerprint density at radius 3 is 2.71 bits per heavy atom. The number of piperidine rings is 1. The topological polar surface area (TPSA) is 50.8 Å². The number of likely N-dealkylation sites (tertiary alicyclic amines) is 1. The summed E-state index contributed by atoms with van der Waals surface area (Å²) in [7, 11) is 0. The second kappa shape index (κ2) is 8.92. The number of carbonyl (C=O) groups is 1. The maximum atomic E-state index is 12.2. The summed E-state index contributed by atoms with van der Waals surface area (Å²) in [5.41, 5.74) is 0. The van der Waals surface area contributed by atoms with Crippen molar-refractivity contribution in [3.63, 3.8) is 0 Å². The van der Waals surface area contributed by atoms with E-state index in [1.54, 1.807) is 0 Å². The summed E-state index contributed by atoms with van der Waals surface area (Å²) in [5, 5.41) is 3.00. The average molecular weight is 332 g/mol. The highest BCUT2D eigenvalue weighted by Gasteiger charge is 2.30. The Balaban J connectivity index is 1.27. The molecular formula is C19H28N2O3. The molecule has 2 aliphatic rings. The van der Waals surface area contributed by atoms with E-state index in [0.717, 1.165) is 44.7 Å². The molecule has 0 spiro atoms. The number of nitrogens with one attached hydrogen (secondary N) is 1. The molecule has 2 heterocycles. The largest absolute Gasteiger partial charge is 0.494 e. The zero-order valence-corrected chi connectivity index (χ0v) is 14.3. The van der Waals surface area contributed by atoms with Crippen molar-refractivity contribution in [1.82, 2.24) is 10.2 Å². The molecule has 132 valence electrons. The fourth-order valence-corrected chi connectivity index (χ4v) is 3.53. The van der Waals surface area contributed by atoms with E-state index in [9.17, 15) is 4.79 Å². The van der Waals surface area contributed by atoms with Crippen LogP contribution in [-0.4, -0.2) is 49.9 Å². The van der Waals surface area contributed by atoms with Gasteiger partial charge in [0.1, 0.15) is 5.75 Å². The van der Waals surface area contributed by atoms with E-state index < -0.39 is 0 Å². The molecule has 2 saturated heterocycles. The van der Waals surface area contributed by atoms with Gasteiger partial charge in [-0.1, -0.05) is 18.2 Å². The minimum atomic E-state index is 0.0560. The molecule has 5 heteroatoms. The third-order valence-corrected chi connectivity index (χ3v) is 4.93. The molecule has 2 fully saturated rings. The molecule has 2 aliphatic heterocycles. The van der Waals surface area contributed by atoms with Crippen LogP contribution in [-0.2, 0) is 4.74 Å². The predicted octanol–water partition coefficient (Wildman–Crippen LogP) is 3.06. The van der Waals surface area contributed by atoms with Crippen LogP contribution in [0.2, 0.25) is 0 Å². The summed E-state index contributed by atoms with van der Waals surface area (Å²) >= 11 is 0. The maximum absolute atomic E-state index is 12.2. The highest BCUT2D eigenvalue weighted by atomic mass is 16.5. The van der Waals surface area contributed by atoms with Gasteiger partial charge in [-0.25, -0.2) is 4.79 Å². The first kappa shape index (κ1) is 17.1. The summed E-state index contributed by atoms with van der Waals surface area (Å²) in [6.45, 7) is 3.87. The molecule has 1 N–H and O–H groups in total. The smallest absolute Gasteiger partial charge is 0.317 e. The number of nitrogens with zero attached hydrogens (tertiary/aromatic N) is 1. The van der Waals surface area contributed by atoms with Gasteiger partial charge in [0, 0.05) is 26.2 Å². The van der Waals surface area contributed by atoms with Crippen LogP contribution in [0.25, 0.3) is 0 Å². The van der Waals surface area contributed by atoms with Gasteiger partial charge in [0.25, 0.3) is 0 Å². The first-order valence-electron chi connectivity index (χ1n) is 9.15. The number of carbonyl (C=O) groups excluding carboxylic acids is 1. The number of urea groups is 1. The van der Waals surface area contributed by atoms with E-state index in [1.165, 1.54) is 12.8 Å². The van der Waals surface area contributed by atoms with Crippen LogP contribution in [0.3, 0.4) is 0 Å². The number of ether oxygens (including phenoxy) is 2. The van der Waals surface area contributed by atoms with Gasteiger partial charge in [-0.15, -0.1) is 0 Å². The standard InChI is InChI=1S/C19H28N2O3/c22-19(20-11-5-15-23-17-6-2-1-3-7-17)21-12-9-16(10-13-21)18-8-4-14-24-18/h1-3,6-7,16,18H,4-5,8-15H2,(H,20,22). The first-order chi connectivity index (χ1) is 11.8. The van der Waals surface area contributed by atoms with Gasteiger partial charge < -0.3 is 19.7 Å². The Morgan fingerprint density at radius 1 is 1.21 bits per heavy atom. The normalized spacial score (nSPS) is 21.7. The minimum absolute atomic E-state index is 0.0560. The number of amides is 2. The fraction of sp³-hybridized carbons (Fsp3) is 0.632. The molecule has 0 saturated carbocycles. The number of rotatable bonds is 6. The predicted molar refractivity (Wildman–Crippen MR) is 93.2 cm³/mol. The minimum Gasteiger partial charge on any atom is -0.494 e. The Kier molecular flexibility index (Phi) is 6.35. The van der Waals surface area contributed by atoms with Crippen molar-refractivity contribution in [2.75, 3.05) is 32.8 Å². The lowest BCUT2D eigenvalue weighted by Crippen LogP contribution is -2.46. The van der Waals surface area contributed by atoms with Crippen molar-refractivity contribution < 1.29 is 14.3 Å². The van der Waals surface area contributed by atoms with Crippen LogP contribution in [0.5, 0.6) is 5.75 Å². The summed E-state index contributed by atoms with van der Waals surface area (Å²) in [4.78, 5) is 14.1. The third-order valence-electron chi connectivity index (χ3n) is 4.93. The molecule has 0 aromatic heterocycles. The van der Waals surface area contributed by atoms with E-state index in [2.05, 4.69) is 5.32 Å². The van der Waals surface area contributed by atoms with Crippen molar-refractivity contribution in [2.45, 2.75) is 38.2 Å². The van der Waals surface area contributed by atoms with Crippen LogP contribution in [0.4, 0.5) is 4.79 Å². The molecule has 1 aromatic rings. The van der Waals surface area contributed by atoms with Crippen molar-refractivity contribution in [1.29, 1.82) is 0 Å². The molecule has 0 bridgehead atoms. The molecule has 5 nitrogen and oxygen atoms in total. The Labute approximate surface area is 144 Å². The summed E-state index contributed by atoms with van der Waals surface area (Å²) < 4.78 is 11.4. The lowest BCUT2D eigenvalue weighted by Gasteiger charge is -2.34. The Bertz CT molecular complexity index is 495. The summed E-state index contributed by atoms with van der Waals surface area (Å²) in [6, 6.07) is 9.82. The molecule has 0 aliphatic carbocycles. The lowest BCUT2D eigenvalue weighted by atomic mass is 9.90. The molecular weight excluding hydrogens is 304 g/mol. The lowest BCUT2D eigenvalue weighted by molar-refractivity contribution is 0.0372. The maximum Gasteiger partial charge on any atom is 0.317 e. The number of hydrogen-bond acceptors (Lipinski definition) is 3. The van der Waals surface area contributed by atoms with Crippen LogP contribution in [0.1, 0.15) is 32.1 Å². The van der Waals surface area contributed by atoms with Crippen molar-refractivity contribution >= 4 is 6.03 Å². The van der Waals surface area contributed by atoms with E-state index in [1.807, 2.05) is 35.2 Å². The number of benzene rings is 1. The monoisotopic (exact) mass is 332 g/mol. The number of hydrogen-bond donors (Lipinski definition) is 1. The van der Waals surface area contributed by atoms with Crippen molar-refractivity contribution in [3.05, 3.63) is 30.3 Å². The van der Waals surface area contributed by atoms with Gasteiger partial charge in [0.15, 0.2) is 0 Å². The van der Waals surface area contributed by atoms with E-state index in [4.69, 9.17) is 9.47 Å². The molecule has 3 rings (SSSR count). The molecule has 2 amide bonds. The highest BCUT2D eigenvalue weighted by Crippen LogP contribution is 2.28. The van der Waals surface area contributed by atoms with Crippen LogP contribution in [0, 0.1) is 5.92 Å². The fourth-order valence-electron chi connectivity index (χ4n) is 3.53. The van der Waals surface area contributed by atoms with Crippen molar-refractivity contribution in [2.24, 2.45) is 5.92 Å². The van der Waals surface area contributed by atoms with Crippen LogP contribution >= 0.6 is 0 Å². The zero-order chi connectivity index (χ0) is 16.6. The van der Waals surface area contributed by atoms with Gasteiger partial charge in [0.2, 0.25) is 0 Å². The second-order valence-corrected chi connectivity index (χ2v) is 6.62. The number of para-hydroxylation sites is 1. The van der Waals surface area contributed by atoms with Gasteiger partial charge >= 0.3 is 6.03 Å². The summed E-state index contributed by atoms with van der Waals surface area (Å²) in [5.74, 6) is 1.51. The van der Waals surface area contributed by atoms with E-state index in [0.29, 0.717) is 25.2 Å². The van der Waals surface area contributed by atoms with Crippen LogP contribution < -0.4 is 10.1 Å². The van der Waals surface area contributed by atoms with Crippen molar-refractivity contribution in [3.8, 4) is 5.75 Å². The van der Waals surface area contributed by atoms with Crippen LogP contribution in [0.15, 0.2) is 30.3 Å². The molecule has 1 aromatic carbocycles. The molecule has 1 atom stereocenters.